The van der Waals surface area contributed by atoms with Crippen molar-refractivity contribution >= 4 is 33.2 Å². The first-order valence-corrected chi connectivity index (χ1v) is 13.3. The van der Waals surface area contributed by atoms with Crippen molar-refractivity contribution in [3.63, 3.8) is 0 Å². The van der Waals surface area contributed by atoms with Crippen molar-refractivity contribution in [1.29, 1.82) is 0 Å². The number of carbonyl (C=O) groups excluding carboxylic acids is 2. The van der Waals surface area contributed by atoms with E-state index in [1.54, 1.807) is 48.5 Å². The van der Waals surface area contributed by atoms with Crippen LogP contribution in [-0.2, 0) is 16.6 Å². The zero-order valence-corrected chi connectivity index (χ0v) is 21.3. The number of aryl methyl sites for hydroxylation is 2. The molecule has 0 aliphatic rings. The van der Waals surface area contributed by atoms with Crippen LogP contribution in [0.3, 0.4) is 0 Å². The van der Waals surface area contributed by atoms with Crippen molar-refractivity contribution in [2.45, 2.75) is 33.7 Å². The molecule has 0 aromatic heterocycles. The summed E-state index contributed by atoms with van der Waals surface area (Å²) in [5.74, 6) is -0.604. The third-order valence-electron chi connectivity index (χ3n) is 5.53. The van der Waals surface area contributed by atoms with E-state index in [1.807, 2.05) is 39.0 Å². The number of benzene rings is 3. The average molecular weight is 494 g/mol. The van der Waals surface area contributed by atoms with Gasteiger partial charge in [-0.05, 0) is 67.3 Å². The second-order valence-electron chi connectivity index (χ2n) is 8.51. The maximum atomic E-state index is 12.9. The molecule has 0 spiro atoms. The highest BCUT2D eigenvalue weighted by Gasteiger charge is 2.20. The molecule has 184 valence electrons. The highest BCUT2D eigenvalue weighted by Crippen LogP contribution is 2.26. The molecule has 0 aliphatic heterocycles. The van der Waals surface area contributed by atoms with E-state index in [4.69, 9.17) is 0 Å². The molecule has 2 amide bonds. The fraction of sp³-hybridized carbons (Fsp3) is 0.259. The number of amides is 2. The molecule has 7 nitrogen and oxygen atoms in total. The first kappa shape index (κ1) is 26.0. The molecule has 0 saturated heterocycles. The van der Waals surface area contributed by atoms with Gasteiger partial charge in [0.15, 0.2) is 0 Å². The van der Waals surface area contributed by atoms with Gasteiger partial charge in [-0.25, -0.2) is 8.42 Å². The summed E-state index contributed by atoms with van der Waals surface area (Å²) in [5.41, 5.74) is 4.42. The normalized spacial score (nSPS) is 11.1. The molecule has 2 N–H and O–H groups in total. The third-order valence-corrected chi connectivity index (χ3v) is 6.66. The van der Waals surface area contributed by atoms with Gasteiger partial charge in [-0.3, -0.25) is 13.9 Å². The average Bonchev–Trinajstić information content (AvgIpc) is 2.82. The Kier molecular flexibility index (Phi) is 8.30. The summed E-state index contributed by atoms with van der Waals surface area (Å²) < 4.78 is 26.5. The van der Waals surface area contributed by atoms with Crippen molar-refractivity contribution in [1.82, 2.24) is 5.32 Å². The van der Waals surface area contributed by atoms with Crippen LogP contribution in [-0.4, -0.2) is 33.0 Å². The molecule has 0 fully saturated rings. The zero-order valence-electron chi connectivity index (χ0n) is 20.5. The lowest BCUT2D eigenvalue weighted by Gasteiger charge is -2.25. The molecule has 35 heavy (non-hydrogen) atoms. The minimum absolute atomic E-state index is 0.144. The van der Waals surface area contributed by atoms with Crippen LogP contribution in [0.5, 0.6) is 0 Å². The lowest BCUT2D eigenvalue weighted by molar-refractivity contribution is 0.0954. The fourth-order valence-corrected chi connectivity index (χ4v) is 4.55. The number of para-hydroxylation sites is 1. The van der Waals surface area contributed by atoms with E-state index in [-0.39, 0.29) is 18.4 Å². The van der Waals surface area contributed by atoms with Gasteiger partial charge in [-0.15, -0.1) is 0 Å². The summed E-state index contributed by atoms with van der Waals surface area (Å²) in [7, 11) is -3.53. The fourth-order valence-electron chi connectivity index (χ4n) is 3.61. The van der Waals surface area contributed by atoms with E-state index in [0.29, 0.717) is 29.0 Å². The van der Waals surface area contributed by atoms with Crippen molar-refractivity contribution < 1.29 is 18.0 Å². The van der Waals surface area contributed by atoms with Crippen molar-refractivity contribution in [3.8, 4) is 0 Å². The molecule has 0 aliphatic carbocycles. The van der Waals surface area contributed by atoms with Gasteiger partial charge in [0.2, 0.25) is 10.0 Å². The monoisotopic (exact) mass is 493 g/mol. The third kappa shape index (κ3) is 6.70. The van der Waals surface area contributed by atoms with E-state index in [2.05, 4.69) is 10.6 Å². The van der Waals surface area contributed by atoms with E-state index >= 15 is 0 Å². The minimum atomic E-state index is -3.53. The predicted octanol–water partition coefficient (Wildman–Crippen LogP) is 4.66. The largest absolute Gasteiger partial charge is 0.352 e. The number of rotatable bonds is 9. The summed E-state index contributed by atoms with van der Waals surface area (Å²) in [6.45, 7) is 6.46. The first-order chi connectivity index (χ1) is 16.6. The summed E-state index contributed by atoms with van der Waals surface area (Å²) in [5, 5.41) is 5.62. The topological polar surface area (TPSA) is 95.6 Å². The van der Waals surface area contributed by atoms with Gasteiger partial charge >= 0.3 is 0 Å². The van der Waals surface area contributed by atoms with Crippen LogP contribution < -0.4 is 14.9 Å². The van der Waals surface area contributed by atoms with Crippen LogP contribution in [0.4, 0.5) is 11.4 Å². The summed E-state index contributed by atoms with van der Waals surface area (Å²) in [6.07, 6.45) is 2.00. The maximum Gasteiger partial charge on any atom is 0.255 e. The highest BCUT2D eigenvalue weighted by atomic mass is 32.2. The van der Waals surface area contributed by atoms with Crippen molar-refractivity contribution in [2.24, 2.45) is 0 Å². The standard InChI is InChI=1S/C27H31N3O4S/c1-5-16-28-27(32)23-8-6-7-9-24(23)29-26(31)22-14-12-21(13-15-22)18-30(35(4,33)34)25-17-19(2)10-11-20(25)3/h6-15,17H,5,16,18H2,1-4H3,(H,28,32)(H,29,31). The minimum Gasteiger partial charge on any atom is -0.352 e. The molecule has 8 heteroatoms. The molecule has 3 rings (SSSR count). The molecular formula is C27H31N3O4S. The predicted molar refractivity (Wildman–Crippen MR) is 140 cm³/mol. The Morgan fingerprint density at radius 1 is 0.914 bits per heavy atom. The van der Waals surface area contributed by atoms with Crippen molar-refractivity contribution in [3.05, 3.63) is 94.5 Å². The molecule has 3 aromatic carbocycles. The van der Waals surface area contributed by atoms with Crippen LogP contribution >= 0.6 is 0 Å². The number of nitrogens with one attached hydrogen (secondary N) is 2. The Hall–Kier alpha value is -3.65. The number of hydrogen-bond acceptors (Lipinski definition) is 4. The molecule has 0 bridgehead atoms. The lowest BCUT2D eigenvalue weighted by Crippen LogP contribution is -2.30. The van der Waals surface area contributed by atoms with E-state index in [9.17, 15) is 18.0 Å². The number of sulfonamides is 1. The number of hydrogen-bond donors (Lipinski definition) is 2. The van der Waals surface area contributed by atoms with Gasteiger partial charge < -0.3 is 10.6 Å². The van der Waals surface area contributed by atoms with Gasteiger partial charge in [-0.2, -0.15) is 0 Å². The Balaban J connectivity index is 1.78. The quantitative estimate of drug-likeness (QED) is 0.453. The number of carbonyl (C=O) groups is 2. The van der Waals surface area contributed by atoms with Gasteiger partial charge in [0, 0.05) is 12.1 Å². The molecule has 0 radical (unpaired) electrons. The maximum absolute atomic E-state index is 12.9. The molecule has 3 aromatic rings. The summed E-state index contributed by atoms with van der Waals surface area (Å²) in [6, 6.07) is 19.3. The summed E-state index contributed by atoms with van der Waals surface area (Å²) in [4.78, 5) is 25.3. The zero-order chi connectivity index (χ0) is 25.6. The highest BCUT2D eigenvalue weighted by molar-refractivity contribution is 7.92. The lowest BCUT2D eigenvalue weighted by atomic mass is 10.1. The van der Waals surface area contributed by atoms with E-state index in [0.717, 1.165) is 23.1 Å². The Morgan fingerprint density at radius 2 is 1.60 bits per heavy atom. The SMILES string of the molecule is CCCNC(=O)c1ccccc1NC(=O)c1ccc(CN(c2cc(C)ccc2C)S(C)(=O)=O)cc1. The van der Waals surface area contributed by atoms with Gasteiger partial charge in [-0.1, -0.05) is 43.3 Å². The Morgan fingerprint density at radius 3 is 2.26 bits per heavy atom. The molecule has 0 heterocycles. The van der Waals surface area contributed by atoms with E-state index < -0.39 is 10.0 Å². The van der Waals surface area contributed by atoms with Gasteiger partial charge in [0.05, 0.1) is 29.7 Å². The van der Waals surface area contributed by atoms with Crippen LogP contribution in [0.1, 0.15) is 50.8 Å². The number of anilines is 2. The second-order valence-corrected chi connectivity index (χ2v) is 10.4. The molecule has 0 atom stereocenters. The van der Waals surface area contributed by atoms with Gasteiger partial charge in [0.25, 0.3) is 11.8 Å². The first-order valence-electron chi connectivity index (χ1n) is 11.4. The van der Waals surface area contributed by atoms with Crippen LogP contribution in [0, 0.1) is 13.8 Å². The molecule has 0 unspecified atom stereocenters. The number of nitrogens with zero attached hydrogens (tertiary/aromatic N) is 1. The molecule has 0 saturated carbocycles. The Bertz CT molecular complexity index is 1320. The van der Waals surface area contributed by atoms with Crippen LogP contribution in [0.15, 0.2) is 66.7 Å². The van der Waals surface area contributed by atoms with Gasteiger partial charge in [0.1, 0.15) is 0 Å². The van der Waals surface area contributed by atoms with Crippen LogP contribution in [0.2, 0.25) is 0 Å². The second kappa shape index (κ2) is 11.2. The van der Waals surface area contributed by atoms with E-state index in [1.165, 1.54) is 10.6 Å². The summed E-state index contributed by atoms with van der Waals surface area (Å²) >= 11 is 0. The molecular weight excluding hydrogens is 462 g/mol. The smallest absolute Gasteiger partial charge is 0.255 e. The van der Waals surface area contributed by atoms with Crippen molar-refractivity contribution in [2.75, 3.05) is 22.4 Å². The Labute approximate surface area is 207 Å². The van der Waals surface area contributed by atoms with Crippen LogP contribution in [0.25, 0.3) is 0 Å².